The Hall–Kier alpha value is -4.59. The predicted octanol–water partition coefficient (Wildman–Crippen LogP) is 5.12. The highest BCUT2D eigenvalue weighted by molar-refractivity contribution is 6.07. The van der Waals surface area contributed by atoms with Crippen LogP contribution in [0.4, 0.5) is 25.1 Å². The minimum atomic E-state index is -1.06. The van der Waals surface area contributed by atoms with Crippen LogP contribution in [-0.4, -0.2) is 89.4 Å². The van der Waals surface area contributed by atoms with Crippen molar-refractivity contribution < 1.29 is 32.6 Å². The lowest BCUT2D eigenvalue weighted by atomic mass is 9.70. The molecule has 2 N–H and O–H groups in total. The summed E-state index contributed by atoms with van der Waals surface area (Å²) in [6, 6.07) is 6.65. The van der Waals surface area contributed by atoms with Crippen LogP contribution in [0.3, 0.4) is 0 Å². The quantitative estimate of drug-likeness (QED) is 0.182. The summed E-state index contributed by atoms with van der Waals surface area (Å²) in [7, 11) is 0. The molecule has 12 nitrogen and oxygen atoms in total. The number of aromatic nitrogens is 2. The highest BCUT2D eigenvalue weighted by Gasteiger charge is 2.56. The first-order chi connectivity index (χ1) is 26.6. The molecule has 5 aliphatic heterocycles. The van der Waals surface area contributed by atoms with Crippen LogP contribution in [0.25, 0.3) is 10.8 Å². The number of amides is 3. The van der Waals surface area contributed by atoms with Gasteiger partial charge in [0.1, 0.15) is 35.7 Å². The number of carbonyl (C=O) groups excluding carboxylic acids is 3. The zero-order valence-corrected chi connectivity index (χ0v) is 31.2. The maximum absolute atomic E-state index is 15.5. The van der Waals surface area contributed by atoms with Crippen molar-refractivity contribution in [2.75, 3.05) is 49.1 Å². The van der Waals surface area contributed by atoms with Gasteiger partial charge in [0.2, 0.25) is 0 Å². The van der Waals surface area contributed by atoms with Crippen LogP contribution in [0.1, 0.15) is 81.5 Å². The fraction of sp³-hybridized carbons (Fsp3) is 0.585. The number of ether oxygens (including phenoxy) is 2. The second-order valence-corrected chi connectivity index (χ2v) is 17.2. The van der Waals surface area contributed by atoms with Gasteiger partial charge in [-0.05, 0) is 99.8 Å². The molecule has 14 heteroatoms. The highest BCUT2D eigenvalue weighted by atomic mass is 19.1. The van der Waals surface area contributed by atoms with E-state index in [2.05, 4.69) is 25.3 Å². The Bertz CT molecular complexity index is 2120. The Morgan fingerprint density at radius 3 is 2.67 bits per heavy atom. The number of nitrogens with one attached hydrogen (secondary N) is 2. The molecule has 2 bridgehead atoms. The van der Waals surface area contributed by atoms with Crippen LogP contribution in [0.2, 0.25) is 0 Å². The van der Waals surface area contributed by atoms with E-state index in [0.717, 1.165) is 72.8 Å². The van der Waals surface area contributed by atoms with E-state index in [1.807, 2.05) is 19.1 Å². The van der Waals surface area contributed by atoms with Crippen LogP contribution < -0.4 is 29.9 Å². The largest absolute Gasteiger partial charge is 0.461 e. The van der Waals surface area contributed by atoms with Gasteiger partial charge < -0.3 is 24.6 Å². The van der Waals surface area contributed by atoms with Crippen molar-refractivity contribution in [3.05, 3.63) is 46.9 Å². The van der Waals surface area contributed by atoms with Gasteiger partial charge in [0, 0.05) is 48.8 Å². The molecular formula is C41H47F2N7O5. The third-order valence-corrected chi connectivity index (χ3v) is 13.9. The monoisotopic (exact) mass is 755 g/mol. The molecule has 6 heterocycles. The van der Waals surface area contributed by atoms with Crippen LogP contribution >= 0.6 is 0 Å². The fourth-order valence-electron chi connectivity index (χ4n) is 11.2. The molecule has 3 saturated carbocycles. The van der Waals surface area contributed by atoms with Crippen LogP contribution in [0.5, 0.6) is 11.8 Å². The van der Waals surface area contributed by atoms with Gasteiger partial charge in [0.05, 0.1) is 29.7 Å². The van der Waals surface area contributed by atoms with E-state index in [4.69, 9.17) is 19.4 Å². The first kappa shape index (κ1) is 34.9. The summed E-state index contributed by atoms with van der Waals surface area (Å²) in [6.45, 7) is 5.21. The Balaban J connectivity index is 1.02. The third kappa shape index (κ3) is 5.63. The topological polar surface area (TPSA) is 129 Å². The lowest BCUT2D eigenvalue weighted by molar-refractivity contribution is -0.150. The minimum Gasteiger partial charge on any atom is -0.461 e. The molecule has 1 aromatic heterocycles. The molecule has 3 atom stereocenters. The number of alkyl halides is 1. The average molecular weight is 756 g/mol. The summed E-state index contributed by atoms with van der Waals surface area (Å²) >= 11 is 0. The van der Waals surface area contributed by atoms with Crippen molar-refractivity contribution in [2.24, 2.45) is 11.3 Å². The predicted molar refractivity (Wildman–Crippen MR) is 199 cm³/mol. The van der Waals surface area contributed by atoms with Crippen LogP contribution in [0, 0.1) is 17.2 Å². The Morgan fingerprint density at radius 2 is 1.89 bits per heavy atom. The van der Waals surface area contributed by atoms with Crippen molar-refractivity contribution in [1.82, 2.24) is 25.5 Å². The summed E-state index contributed by atoms with van der Waals surface area (Å²) in [5.74, 6) is 0.915. The summed E-state index contributed by atoms with van der Waals surface area (Å²) in [5.41, 5.74) is 1.16. The molecular weight excluding hydrogens is 708 g/mol. The third-order valence-electron chi connectivity index (χ3n) is 13.9. The second-order valence-electron chi connectivity index (χ2n) is 17.2. The molecule has 3 amide bonds. The number of hydrogen-bond acceptors (Lipinski definition) is 10. The minimum absolute atomic E-state index is 0.180. The van der Waals surface area contributed by atoms with E-state index >= 15 is 4.39 Å². The van der Waals surface area contributed by atoms with Gasteiger partial charge in [0.15, 0.2) is 0 Å². The van der Waals surface area contributed by atoms with E-state index in [1.165, 1.54) is 6.07 Å². The number of anilines is 2. The molecule has 3 aromatic rings. The Morgan fingerprint density at radius 1 is 1.04 bits per heavy atom. The van der Waals surface area contributed by atoms with E-state index in [9.17, 15) is 18.8 Å². The molecule has 8 aliphatic rings. The Kier molecular flexibility index (Phi) is 8.06. The molecule has 55 heavy (non-hydrogen) atoms. The van der Waals surface area contributed by atoms with E-state index < -0.39 is 28.7 Å². The number of urea groups is 1. The number of nitrogens with zero attached hydrogens (tertiary/aromatic N) is 5. The first-order valence-electron chi connectivity index (χ1n) is 20.1. The number of halogens is 2. The summed E-state index contributed by atoms with van der Waals surface area (Å²) in [6.07, 6.45) is 7.23. The van der Waals surface area contributed by atoms with Gasteiger partial charge in [-0.1, -0.05) is 13.0 Å². The number of imide groups is 1. The molecule has 1 spiro atoms. The summed E-state index contributed by atoms with van der Waals surface area (Å²) in [4.78, 5) is 55.3. The zero-order valence-electron chi connectivity index (χ0n) is 31.2. The summed E-state index contributed by atoms with van der Waals surface area (Å²) in [5, 5.41) is 6.87. The smallest absolute Gasteiger partial charge is 0.322 e. The van der Waals surface area contributed by atoms with Gasteiger partial charge in [-0.3, -0.25) is 19.8 Å². The number of aryl methyl sites for hydroxylation is 1. The standard InChI is InChI=1S/C41H47F2N7O5/c1-2-28-30(43)6-5-25-15-27(55-36(52)39-11-7-24(17-39)18-39)16-32(33(25)28)48-14-8-29-31(21-48)44-38(54-23-40-9-3-13-50(40)20-26(42)19-40)45-34(29)49-12-4-10-41(22-49)35(51)46-37(53)47-41/h5-6,15-16,24,26H,2-4,7-14,17-23H2,1H3,(H2,46,47,51,53)/t24?,26-,39?,40+,41-/m1/s1. The lowest BCUT2D eigenvalue weighted by Gasteiger charge is -2.40. The van der Waals surface area contributed by atoms with Crippen molar-refractivity contribution in [1.29, 1.82) is 0 Å². The number of carbonyl (C=O) groups is 3. The second kappa shape index (κ2) is 12.7. The number of piperidine rings is 1. The van der Waals surface area contributed by atoms with Crippen molar-refractivity contribution in [3.63, 3.8) is 0 Å². The molecule has 2 aromatic carbocycles. The van der Waals surface area contributed by atoms with Crippen molar-refractivity contribution in [3.8, 4) is 11.8 Å². The van der Waals surface area contributed by atoms with Gasteiger partial charge in [-0.2, -0.15) is 9.97 Å². The van der Waals surface area contributed by atoms with E-state index in [-0.39, 0.29) is 36.9 Å². The van der Waals surface area contributed by atoms with E-state index in [1.54, 1.807) is 6.07 Å². The number of fused-ring (bicyclic) bond motifs is 4. The molecule has 0 unspecified atom stereocenters. The van der Waals surface area contributed by atoms with Gasteiger partial charge in [-0.15, -0.1) is 0 Å². The molecule has 4 saturated heterocycles. The zero-order chi connectivity index (χ0) is 37.7. The maximum atomic E-state index is 15.5. The fourth-order valence-corrected chi connectivity index (χ4v) is 11.2. The molecule has 0 radical (unpaired) electrons. The normalized spacial score (nSPS) is 31.0. The Labute approximate surface area is 318 Å². The van der Waals surface area contributed by atoms with Gasteiger partial charge in [-0.25, -0.2) is 13.6 Å². The number of rotatable bonds is 8. The van der Waals surface area contributed by atoms with E-state index in [0.29, 0.717) is 81.3 Å². The molecule has 290 valence electrons. The SMILES string of the molecule is CCc1c(F)ccc2cc(OC(=O)C34CCC(C3)C4)cc(N3CCc4c(nc(OC[C@@]56CCCN5C[C@H](F)C6)nc4N4CCC[C@]5(C4)NC(=O)NC5=O)C3)c12. The van der Waals surface area contributed by atoms with Crippen LogP contribution in [-0.2, 0) is 29.0 Å². The average Bonchev–Trinajstić information content (AvgIpc) is 3.97. The number of hydrogen-bond donors (Lipinski definition) is 2. The van der Waals surface area contributed by atoms with Gasteiger partial charge >= 0.3 is 18.0 Å². The maximum Gasteiger partial charge on any atom is 0.322 e. The number of esters is 1. The lowest BCUT2D eigenvalue weighted by Crippen LogP contribution is -2.59. The highest BCUT2D eigenvalue weighted by Crippen LogP contribution is 2.59. The van der Waals surface area contributed by atoms with Crippen molar-refractivity contribution >= 4 is 40.2 Å². The number of benzene rings is 2. The first-order valence-corrected chi connectivity index (χ1v) is 20.1. The molecule has 11 rings (SSSR count). The van der Waals surface area contributed by atoms with Crippen molar-refractivity contribution in [2.45, 2.75) is 101 Å². The van der Waals surface area contributed by atoms with Gasteiger partial charge in [0.25, 0.3) is 5.91 Å². The summed E-state index contributed by atoms with van der Waals surface area (Å²) < 4.78 is 42.8. The van der Waals surface area contributed by atoms with Crippen LogP contribution in [0.15, 0.2) is 24.3 Å². The molecule has 7 fully saturated rings. The molecule has 3 aliphatic carbocycles.